The molecule has 0 unspecified atom stereocenters. The van der Waals surface area contributed by atoms with E-state index in [1.165, 1.54) is 0 Å². The molecule has 1 aliphatic rings. The number of hydrogen-bond donors (Lipinski definition) is 0. The van der Waals surface area contributed by atoms with Crippen molar-refractivity contribution in [2.75, 3.05) is 0 Å². The van der Waals surface area contributed by atoms with Gasteiger partial charge in [0.1, 0.15) is 11.4 Å². The summed E-state index contributed by atoms with van der Waals surface area (Å²) in [6.07, 6.45) is 13.1. The van der Waals surface area contributed by atoms with Crippen LogP contribution in [0.1, 0.15) is 12.8 Å². The van der Waals surface area contributed by atoms with Crippen LogP contribution < -0.4 is 0 Å². The van der Waals surface area contributed by atoms with Crippen LogP contribution in [0.4, 0.5) is 0 Å². The van der Waals surface area contributed by atoms with Crippen LogP contribution in [-0.4, -0.2) is 52.2 Å². The molecule has 0 aliphatic carbocycles. The highest BCUT2D eigenvalue weighted by Crippen LogP contribution is 2.23. The maximum Gasteiger partial charge on any atom is 0.114 e. The van der Waals surface area contributed by atoms with Crippen molar-refractivity contribution in [3.8, 4) is 22.5 Å². The first kappa shape index (κ1) is 17.6. The van der Waals surface area contributed by atoms with Gasteiger partial charge in [0.25, 0.3) is 0 Å². The third kappa shape index (κ3) is 4.04. The second kappa shape index (κ2) is 7.88. The first-order chi connectivity index (χ1) is 14.3. The van der Waals surface area contributed by atoms with Gasteiger partial charge in [-0.15, -0.1) is 10.2 Å². The van der Waals surface area contributed by atoms with Gasteiger partial charge in [-0.2, -0.15) is 0 Å². The van der Waals surface area contributed by atoms with Crippen LogP contribution >= 0.6 is 0 Å². The maximum atomic E-state index is 6.20. The fourth-order valence-electron chi connectivity index (χ4n) is 3.53. The Kier molecular flexibility index (Phi) is 4.79. The van der Waals surface area contributed by atoms with E-state index in [4.69, 9.17) is 4.74 Å². The standard InChI is InChI=1S/C20H20N8O/c1-3-15(9-21-7-1)19-13-27(25-23-19)11-17-5-6-18(29-17)12-28-14-20(24-26-28)16-4-2-8-22-10-16/h1-4,7-10,13-14,17-18H,5-6,11-12H2/t17-,18-/m1/s1. The number of hydrogen-bond acceptors (Lipinski definition) is 7. The monoisotopic (exact) mass is 388 g/mol. The minimum absolute atomic E-state index is 0.116. The van der Waals surface area contributed by atoms with Crippen LogP contribution in [0.5, 0.6) is 0 Å². The Morgan fingerprint density at radius 3 is 1.76 bits per heavy atom. The molecule has 1 aliphatic heterocycles. The molecule has 5 rings (SSSR count). The third-order valence-corrected chi connectivity index (χ3v) is 4.97. The Balaban J connectivity index is 1.17. The molecule has 0 saturated carbocycles. The highest BCUT2D eigenvalue weighted by atomic mass is 16.5. The zero-order valence-corrected chi connectivity index (χ0v) is 15.7. The van der Waals surface area contributed by atoms with E-state index >= 15 is 0 Å². The van der Waals surface area contributed by atoms with Gasteiger partial charge in [0.05, 0.1) is 37.7 Å². The SMILES string of the molecule is c1cncc(-c2cn(C[C@H]3CC[C@H](Cn4cc(-c5cccnc5)nn4)O3)nn2)c1. The Bertz CT molecular complexity index is 977. The Hall–Kier alpha value is -3.46. The zero-order chi connectivity index (χ0) is 19.5. The van der Waals surface area contributed by atoms with E-state index in [1.54, 1.807) is 24.8 Å². The Morgan fingerprint density at radius 2 is 1.31 bits per heavy atom. The van der Waals surface area contributed by atoms with Gasteiger partial charge >= 0.3 is 0 Å². The highest BCUT2D eigenvalue weighted by Gasteiger charge is 2.26. The van der Waals surface area contributed by atoms with E-state index in [0.29, 0.717) is 13.1 Å². The molecule has 4 aromatic rings. The molecular formula is C20H20N8O. The lowest BCUT2D eigenvalue weighted by atomic mass is 10.2. The molecule has 0 aromatic carbocycles. The van der Waals surface area contributed by atoms with Crippen molar-refractivity contribution < 1.29 is 4.74 Å². The molecule has 0 N–H and O–H groups in total. The summed E-state index contributed by atoms with van der Waals surface area (Å²) in [6, 6.07) is 7.73. The number of ether oxygens (including phenoxy) is 1. The zero-order valence-electron chi connectivity index (χ0n) is 15.7. The lowest BCUT2D eigenvalue weighted by Gasteiger charge is -2.13. The van der Waals surface area contributed by atoms with Crippen molar-refractivity contribution in [1.29, 1.82) is 0 Å². The lowest BCUT2D eigenvalue weighted by Crippen LogP contribution is -2.21. The van der Waals surface area contributed by atoms with Crippen LogP contribution in [0, 0.1) is 0 Å². The summed E-state index contributed by atoms with van der Waals surface area (Å²) in [5, 5.41) is 16.9. The van der Waals surface area contributed by atoms with Crippen molar-refractivity contribution in [1.82, 2.24) is 40.0 Å². The van der Waals surface area contributed by atoms with E-state index in [1.807, 2.05) is 46.0 Å². The minimum atomic E-state index is 0.116. The molecule has 9 heteroatoms. The molecule has 5 heterocycles. The molecular weight excluding hydrogens is 368 g/mol. The number of aromatic nitrogens is 8. The largest absolute Gasteiger partial charge is 0.371 e. The third-order valence-electron chi connectivity index (χ3n) is 4.97. The van der Waals surface area contributed by atoms with Gasteiger partial charge in [0.2, 0.25) is 0 Å². The van der Waals surface area contributed by atoms with Gasteiger partial charge < -0.3 is 4.74 Å². The first-order valence-corrected chi connectivity index (χ1v) is 9.60. The normalized spacial score (nSPS) is 18.9. The molecule has 29 heavy (non-hydrogen) atoms. The van der Waals surface area contributed by atoms with Gasteiger partial charge in [0.15, 0.2) is 0 Å². The van der Waals surface area contributed by atoms with E-state index in [2.05, 4.69) is 30.6 Å². The summed E-state index contributed by atoms with van der Waals surface area (Å²) >= 11 is 0. The summed E-state index contributed by atoms with van der Waals surface area (Å²) in [7, 11) is 0. The Morgan fingerprint density at radius 1 is 0.793 bits per heavy atom. The molecule has 0 radical (unpaired) electrons. The molecule has 0 bridgehead atoms. The van der Waals surface area contributed by atoms with Gasteiger partial charge in [-0.25, -0.2) is 9.36 Å². The fourth-order valence-corrected chi connectivity index (χ4v) is 3.53. The van der Waals surface area contributed by atoms with Crippen molar-refractivity contribution >= 4 is 0 Å². The summed E-state index contributed by atoms with van der Waals surface area (Å²) in [5.41, 5.74) is 3.55. The molecule has 146 valence electrons. The molecule has 4 aromatic heterocycles. The second-order valence-electron chi connectivity index (χ2n) is 7.09. The number of rotatable bonds is 6. The second-order valence-corrected chi connectivity index (χ2v) is 7.09. The van der Waals surface area contributed by atoms with Crippen LogP contribution in [0.2, 0.25) is 0 Å². The van der Waals surface area contributed by atoms with Crippen molar-refractivity contribution in [2.24, 2.45) is 0 Å². The quantitative estimate of drug-likeness (QED) is 0.500. The van der Waals surface area contributed by atoms with Gasteiger partial charge in [-0.3, -0.25) is 9.97 Å². The predicted molar refractivity (Wildman–Crippen MR) is 104 cm³/mol. The summed E-state index contributed by atoms with van der Waals surface area (Å²) in [4.78, 5) is 8.25. The Labute approximate surface area is 167 Å². The van der Waals surface area contributed by atoms with E-state index in [9.17, 15) is 0 Å². The predicted octanol–water partition coefficient (Wildman–Crippen LogP) is 2.24. The van der Waals surface area contributed by atoms with E-state index in [-0.39, 0.29) is 12.2 Å². The van der Waals surface area contributed by atoms with Gasteiger partial charge in [-0.1, -0.05) is 10.4 Å². The van der Waals surface area contributed by atoms with E-state index < -0.39 is 0 Å². The van der Waals surface area contributed by atoms with Gasteiger partial charge in [0, 0.05) is 35.9 Å². The molecule has 0 spiro atoms. The molecule has 2 atom stereocenters. The smallest absolute Gasteiger partial charge is 0.114 e. The molecule has 1 fully saturated rings. The van der Waals surface area contributed by atoms with Gasteiger partial charge in [-0.05, 0) is 37.1 Å². The molecule has 9 nitrogen and oxygen atoms in total. The average Bonchev–Trinajstić information content (AvgIpc) is 3.52. The van der Waals surface area contributed by atoms with Crippen molar-refractivity contribution in [3.63, 3.8) is 0 Å². The lowest BCUT2D eigenvalue weighted by molar-refractivity contribution is 0.0229. The summed E-state index contributed by atoms with van der Waals surface area (Å²) < 4.78 is 9.87. The fraction of sp³-hybridized carbons (Fsp3) is 0.300. The highest BCUT2D eigenvalue weighted by molar-refractivity contribution is 5.56. The molecule has 1 saturated heterocycles. The summed E-state index contributed by atoms with van der Waals surface area (Å²) in [5.74, 6) is 0. The van der Waals surface area contributed by atoms with Crippen molar-refractivity contribution in [3.05, 3.63) is 61.4 Å². The maximum absolute atomic E-state index is 6.20. The van der Waals surface area contributed by atoms with Crippen LogP contribution in [0.3, 0.4) is 0 Å². The van der Waals surface area contributed by atoms with Crippen LogP contribution in [-0.2, 0) is 17.8 Å². The van der Waals surface area contributed by atoms with Crippen LogP contribution in [0.25, 0.3) is 22.5 Å². The van der Waals surface area contributed by atoms with Crippen LogP contribution in [0.15, 0.2) is 61.4 Å². The summed E-state index contributed by atoms with van der Waals surface area (Å²) in [6.45, 7) is 1.37. The first-order valence-electron chi connectivity index (χ1n) is 9.60. The van der Waals surface area contributed by atoms with Crippen molar-refractivity contribution in [2.45, 2.75) is 38.1 Å². The minimum Gasteiger partial charge on any atom is -0.371 e. The molecule has 0 amide bonds. The number of nitrogens with zero attached hydrogens (tertiary/aromatic N) is 8. The van der Waals surface area contributed by atoms with E-state index in [0.717, 1.165) is 35.4 Å². The topological polar surface area (TPSA) is 96.4 Å². The average molecular weight is 388 g/mol. The number of pyridine rings is 2.